The van der Waals surface area contributed by atoms with Crippen LogP contribution in [0.25, 0.3) is 0 Å². The van der Waals surface area contributed by atoms with E-state index in [1.807, 2.05) is 0 Å². The molecular formula is C30H34Br2Cl2SiZr-2. The van der Waals surface area contributed by atoms with Gasteiger partial charge in [0.25, 0.3) is 0 Å². The van der Waals surface area contributed by atoms with Gasteiger partial charge in [-0.1, -0.05) is 80.8 Å². The van der Waals surface area contributed by atoms with Gasteiger partial charge in [0.1, 0.15) is 0 Å². The van der Waals surface area contributed by atoms with Crippen molar-refractivity contribution in [3.05, 3.63) is 88.9 Å². The topological polar surface area (TPSA) is 0 Å². The Hall–Kier alpha value is 0.560. The quantitative estimate of drug-likeness (QED) is 0.288. The molecule has 0 heterocycles. The average Bonchev–Trinajstić information content (AvgIpc) is 3.35. The van der Waals surface area contributed by atoms with Gasteiger partial charge in [0.2, 0.25) is 0 Å². The molecule has 0 N–H and O–H groups in total. The molecule has 0 nitrogen and oxygen atoms in total. The minimum absolute atomic E-state index is 0. The Morgan fingerprint density at radius 2 is 0.944 bits per heavy atom. The molecule has 36 heavy (non-hydrogen) atoms. The van der Waals surface area contributed by atoms with Crippen LogP contribution in [0.1, 0.15) is 84.0 Å². The first kappa shape index (κ1) is 32.8. The molecule has 0 aromatic heterocycles. The van der Waals surface area contributed by atoms with Crippen molar-refractivity contribution in [2.75, 3.05) is 0 Å². The van der Waals surface area contributed by atoms with E-state index in [4.69, 9.17) is 0 Å². The first-order valence-electron chi connectivity index (χ1n) is 12.6. The van der Waals surface area contributed by atoms with Gasteiger partial charge in [0.15, 0.2) is 0 Å². The minimum atomic E-state index is 0. The zero-order chi connectivity index (χ0) is 24.4. The van der Waals surface area contributed by atoms with Crippen LogP contribution >= 0.6 is 31.9 Å². The summed E-state index contributed by atoms with van der Waals surface area (Å²) in [6.45, 7) is 8.98. The van der Waals surface area contributed by atoms with Crippen LogP contribution < -0.4 is 24.8 Å². The summed E-state index contributed by atoms with van der Waals surface area (Å²) in [5, 5.41) is 0. The fraction of sp³-hybridized carbons (Fsp3) is 0.467. The van der Waals surface area contributed by atoms with Crippen LogP contribution in [0.2, 0.25) is 13.1 Å². The van der Waals surface area contributed by atoms with E-state index in [9.17, 15) is 0 Å². The van der Waals surface area contributed by atoms with Crippen molar-refractivity contribution in [1.82, 2.24) is 0 Å². The second-order valence-corrected chi connectivity index (χ2v) is 21.3. The van der Waals surface area contributed by atoms with Gasteiger partial charge >= 0.3 is 41.9 Å². The summed E-state index contributed by atoms with van der Waals surface area (Å²) >= 11 is 9.15. The molecule has 4 aliphatic rings. The summed E-state index contributed by atoms with van der Waals surface area (Å²) in [5.74, 6) is 0. The molecule has 0 saturated heterocycles. The molecule has 4 aliphatic carbocycles. The van der Waals surface area contributed by atoms with Gasteiger partial charge in [-0.15, -0.1) is 34.4 Å². The van der Waals surface area contributed by atoms with Gasteiger partial charge in [0.05, 0.1) is 0 Å². The third-order valence-electron chi connectivity index (χ3n) is 7.01. The summed E-state index contributed by atoms with van der Waals surface area (Å²) in [6.07, 6.45) is 19.7. The second-order valence-electron chi connectivity index (χ2n) is 10.3. The van der Waals surface area contributed by atoms with Crippen LogP contribution in [0.4, 0.5) is 0 Å². The number of hydrogen-bond acceptors (Lipinski definition) is 0. The molecule has 0 aliphatic heterocycles. The van der Waals surface area contributed by atoms with Crippen molar-refractivity contribution < 1.29 is 48.1 Å². The number of benzene rings is 2. The van der Waals surface area contributed by atoms with Crippen LogP contribution in [0.3, 0.4) is 0 Å². The fourth-order valence-corrected chi connectivity index (χ4v) is 6.97. The van der Waals surface area contributed by atoms with Crippen LogP contribution in [0.15, 0.2) is 32.2 Å². The third-order valence-corrected chi connectivity index (χ3v) is 8.43. The Morgan fingerprint density at radius 3 is 1.28 bits per heavy atom. The molecule has 0 unspecified atom stereocenters. The van der Waals surface area contributed by atoms with Crippen molar-refractivity contribution >= 4 is 37.3 Å². The van der Waals surface area contributed by atoms with Crippen LogP contribution in [-0.2, 0) is 61.9 Å². The standard InChI is InChI=1S/2C14H14Br.C2H6Si.2ClH.Zr/c2*1-9-6-10-8-14(15)12-5-3-2-4-11(12)13(10)7-9;1-3-2;;;/h2*8H,2-5,7H2,1H3;1-2H3;2*1H;/q2*-1;;;;+2/p-2. The van der Waals surface area contributed by atoms with Crippen molar-refractivity contribution in [3.63, 3.8) is 0 Å². The van der Waals surface area contributed by atoms with Gasteiger partial charge in [-0.25, -0.2) is 0 Å². The largest absolute Gasteiger partial charge is 1.00 e. The molecule has 6 rings (SSSR count). The van der Waals surface area contributed by atoms with Crippen molar-refractivity contribution in [2.45, 2.75) is 91.1 Å². The molecule has 0 radical (unpaired) electrons. The number of fused-ring (bicyclic) bond motifs is 6. The SMILES string of the molecule is CC1=[C-]c2cc(Br)c3c(c2C1)CCCC3.CC1=[C-]c2cc(Br)c3c(c2C1)CCCC3.C[Si](C)=[Zr+2].[Cl-].[Cl-]. The van der Waals surface area contributed by atoms with Crippen molar-refractivity contribution in [3.8, 4) is 0 Å². The molecule has 0 amide bonds. The maximum atomic E-state index is 3.71. The van der Waals surface area contributed by atoms with Gasteiger partial charge in [-0.2, -0.15) is 23.3 Å². The van der Waals surface area contributed by atoms with E-state index in [0.717, 1.165) is 12.8 Å². The molecule has 0 saturated carbocycles. The maximum Gasteiger partial charge on any atom is -1.00 e. The predicted octanol–water partition coefficient (Wildman–Crippen LogP) is 2.76. The summed E-state index contributed by atoms with van der Waals surface area (Å²) in [4.78, 5) is 0. The third kappa shape index (κ3) is 7.82. The van der Waals surface area contributed by atoms with Gasteiger partial charge in [-0.3, -0.25) is 0 Å². The van der Waals surface area contributed by atoms with Crippen LogP contribution in [-0.4, -0.2) is 5.43 Å². The van der Waals surface area contributed by atoms with Crippen molar-refractivity contribution in [1.29, 1.82) is 0 Å². The van der Waals surface area contributed by atoms with Crippen LogP contribution in [0.5, 0.6) is 0 Å². The van der Waals surface area contributed by atoms with Crippen LogP contribution in [0, 0.1) is 12.2 Å². The summed E-state index contributed by atoms with van der Waals surface area (Å²) < 4.78 is 2.61. The molecule has 0 atom stereocenters. The molecule has 0 spiro atoms. The Morgan fingerprint density at radius 1 is 0.639 bits per heavy atom. The van der Waals surface area contributed by atoms with E-state index >= 15 is 0 Å². The van der Waals surface area contributed by atoms with E-state index in [1.165, 1.54) is 82.6 Å². The predicted molar refractivity (Wildman–Crippen MR) is 150 cm³/mol. The molecule has 0 fully saturated rings. The molecule has 2 aromatic rings. The van der Waals surface area contributed by atoms with E-state index in [1.54, 1.807) is 56.7 Å². The smallest absolute Gasteiger partial charge is 1.00 e. The Bertz CT molecular complexity index is 1110. The van der Waals surface area contributed by atoms with E-state index in [2.05, 4.69) is 83.1 Å². The summed E-state index contributed by atoms with van der Waals surface area (Å²) in [5.41, 5.74) is 15.1. The van der Waals surface area contributed by atoms with E-state index in [0.29, 0.717) is 0 Å². The molecule has 0 bridgehead atoms. The number of hydrogen-bond donors (Lipinski definition) is 0. The number of allylic oxidation sites excluding steroid dienone is 2. The first-order chi connectivity index (χ1) is 16.2. The summed E-state index contributed by atoms with van der Waals surface area (Å²) in [6, 6.07) is 4.52. The normalized spacial score (nSPS) is 16.1. The van der Waals surface area contributed by atoms with Gasteiger partial charge in [-0.05, 0) is 60.3 Å². The number of rotatable bonds is 0. The van der Waals surface area contributed by atoms with E-state index < -0.39 is 0 Å². The Kier molecular flexibility index (Phi) is 13.5. The molecular weight excluding hydrogens is 710 g/mol. The molecule has 192 valence electrons. The van der Waals surface area contributed by atoms with Crippen molar-refractivity contribution in [2.24, 2.45) is 0 Å². The number of halogens is 4. The zero-order valence-corrected chi connectivity index (χ0v) is 29.9. The second kappa shape index (κ2) is 14.8. The van der Waals surface area contributed by atoms with Gasteiger partial charge in [0, 0.05) is 0 Å². The molecule has 2 aromatic carbocycles. The van der Waals surface area contributed by atoms with E-state index in [-0.39, 0.29) is 30.2 Å². The monoisotopic (exact) mass is 740 g/mol. The Balaban J connectivity index is 0.000000211. The average molecular weight is 745 g/mol. The van der Waals surface area contributed by atoms with Gasteiger partial charge < -0.3 is 24.8 Å². The maximum absolute atomic E-state index is 3.71. The zero-order valence-electron chi connectivity index (χ0n) is 21.7. The first-order valence-corrected chi connectivity index (χ1v) is 20.4. The Labute approximate surface area is 263 Å². The minimum Gasteiger partial charge on any atom is -1.00 e. The summed E-state index contributed by atoms with van der Waals surface area (Å²) in [7, 11) is 0. The fourth-order valence-electron chi connectivity index (χ4n) is 5.64. The molecule has 6 heteroatoms.